The number of anilines is 1. The lowest BCUT2D eigenvalue weighted by molar-refractivity contribution is -0.140. The van der Waals surface area contributed by atoms with Crippen LogP contribution in [0.15, 0.2) is 30.5 Å². The van der Waals surface area contributed by atoms with Gasteiger partial charge in [-0.3, -0.25) is 4.79 Å². The fourth-order valence-corrected chi connectivity index (χ4v) is 3.50. The summed E-state index contributed by atoms with van der Waals surface area (Å²) in [6.45, 7) is 4.09. The molecule has 26 heavy (non-hydrogen) atoms. The molecule has 1 aliphatic carbocycles. The number of amides is 1. The zero-order valence-electron chi connectivity index (χ0n) is 15.0. The van der Waals surface area contributed by atoms with E-state index < -0.39 is 11.6 Å². The molecule has 3 rings (SSSR count). The highest BCUT2D eigenvalue weighted by Crippen LogP contribution is 2.34. The number of carbonyl (C=O) groups is 2. The van der Waals surface area contributed by atoms with Crippen LogP contribution in [0.4, 0.5) is 5.69 Å². The van der Waals surface area contributed by atoms with E-state index in [-0.39, 0.29) is 11.5 Å². The van der Waals surface area contributed by atoms with Gasteiger partial charge in [-0.15, -0.1) is 0 Å². The minimum absolute atomic E-state index is 0.127. The predicted octanol–water partition coefficient (Wildman–Crippen LogP) is 3.17. The van der Waals surface area contributed by atoms with Crippen LogP contribution in [-0.2, 0) is 9.53 Å². The number of carbonyl (C=O) groups excluding carboxylic acids is 1. The summed E-state index contributed by atoms with van der Waals surface area (Å²) in [5, 5.41) is 16.3. The van der Waals surface area contributed by atoms with Gasteiger partial charge in [-0.2, -0.15) is 5.10 Å². The summed E-state index contributed by atoms with van der Waals surface area (Å²) in [7, 11) is 0. The summed E-state index contributed by atoms with van der Waals surface area (Å²) in [5.74, 6) is -1.14. The lowest BCUT2D eigenvalue weighted by Gasteiger charge is -2.27. The smallest absolute Gasteiger partial charge is 0.339 e. The molecule has 0 unspecified atom stereocenters. The summed E-state index contributed by atoms with van der Waals surface area (Å²) in [5.41, 5.74) is 1.25. The Morgan fingerprint density at radius 2 is 2.08 bits per heavy atom. The molecule has 7 nitrogen and oxygen atoms in total. The number of nitrogens with zero attached hydrogens (tertiary/aromatic N) is 2. The first-order chi connectivity index (χ1) is 12.5. The first-order valence-electron chi connectivity index (χ1n) is 8.80. The number of nitrogens with one attached hydrogen (secondary N) is 1. The summed E-state index contributed by atoms with van der Waals surface area (Å²) < 4.78 is 7.34. The van der Waals surface area contributed by atoms with Gasteiger partial charge in [0.2, 0.25) is 0 Å². The van der Waals surface area contributed by atoms with Crippen LogP contribution >= 0.6 is 0 Å². The van der Waals surface area contributed by atoms with E-state index in [0.29, 0.717) is 23.7 Å². The van der Waals surface area contributed by atoms with E-state index in [1.54, 1.807) is 29.8 Å². The molecule has 1 amide bonds. The van der Waals surface area contributed by atoms with E-state index in [1.807, 2.05) is 13.0 Å². The van der Waals surface area contributed by atoms with Gasteiger partial charge in [-0.1, -0.05) is 6.07 Å². The van der Waals surface area contributed by atoms with Crippen LogP contribution in [0.1, 0.15) is 48.7 Å². The summed E-state index contributed by atoms with van der Waals surface area (Å²) in [6.07, 6.45) is 4.75. The van der Waals surface area contributed by atoms with Gasteiger partial charge in [0.15, 0.2) is 0 Å². The van der Waals surface area contributed by atoms with Gasteiger partial charge in [0.25, 0.3) is 5.91 Å². The third kappa shape index (κ3) is 3.35. The Hall–Kier alpha value is -2.67. The third-order valence-electron chi connectivity index (χ3n) is 4.83. The normalized spacial score (nSPS) is 15.8. The van der Waals surface area contributed by atoms with Crippen molar-refractivity contribution in [3.05, 3.63) is 41.7 Å². The van der Waals surface area contributed by atoms with Crippen LogP contribution in [0.5, 0.6) is 0 Å². The highest BCUT2D eigenvalue weighted by molar-refractivity contribution is 5.97. The Balaban J connectivity index is 1.84. The van der Waals surface area contributed by atoms with E-state index in [0.717, 1.165) is 25.7 Å². The van der Waals surface area contributed by atoms with Crippen molar-refractivity contribution in [3.8, 4) is 5.69 Å². The number of aromatic nitrogens is 2. The highest BCUT2D eigenvalue weighted by atomic mass is 16.5. The molecule has 7 heteroatoms. The van der Waals surface area contributed by atoms with Gasteiger partial charge < -0.3 is 15.2 Å². The number of carboxylic acids is 1. The average molecular weight is 357 g/mol. The SMILES string of the molecule is CCOC1(C(=O)Nc2cccc(-n3ncc(C(=O)O)c3C)c2)CCCC1. The van der Waals surface area contributed by atoms with Crippen molar-refractivity contribution in [1.82, 2.24) is 9.78 Å². The standard InChI is InChI=1S/C19H23N3O4/c1-3-26-19(9-4-5-10-19)18(25)21-14-7-6-8-15(11-14)22-13(2)16(12-20-22)17(23)24/h6-8,11-12H,3-5,9-10H2,1-2H3,(H,21,25)(H,23,24). The number of benzene rings is 1. The molecule has 2 aromatic rings. The maximum absolute atomic E-state index is 12.8. The molecule has 2 N–H and O–H groups in total. The molecule has 138 valence electrons. The van der Waals surface area contributed by atoms with Crippen molar-refractivity contribution >= 4 is 17.6 Å². The largest absolute Gasteiger partial charge is 0.478 e. The summed E-state index contributed by atoms with van der Waals surface area (Å²) in [6, 6.07) is 7.19. The second-order valence-electron chi connectivity index (χ2n) is 6.50. The molecular formula is C19H23N3O4. The second kappa shape index (κ2) is 7.29. The Morgan fingerprint density at radius 1 is 1.35 bits per heavy atom. The first-order valence-corrected chi connectivity index (χ1v) is 8.80. The topological polar surface area (TPSA) is 93.5 Å². The van der Waals surface area contributed by atoms with E-state index in [2.05, 4.69) is 10.4 Å². The monoisotopic (exact) mass is 357 g/mol. The van der Waals surface area contributed by atoms with E-state index in [1.165, 1.54) is 6.20 Å². The van der Waals surface area contributed by atoms with Crippen LogP contribution in [-0.4, -0.2) is 39.0 Å². The Labute approximate surface area is 152 Å². The van der Waals surface area contributed by atoms with Crippen molar-refractivity contribution in [2.45, 2.75) is 45.1 Å². The van der Waals surface area contributed by atoms with Gasteiger partial charge in [-0.25, -0.2) is 9.48 Å². The minimum Gasteiger partial charge on any atom is -0.478 e. The first kappa shape index (κ1) is 18.1. The van der Waals surface area contributed by atoms with E-state index in [9.17, 15) is 14.7 Å². The summed E-state index contributed by atoms with van der Waals surface area (Å²) in [4.78, 5) is 24.0. The molecule has 0 atom stereocenters. The van der Waals surface area contributed by atoms with Gasteiger partial charge in [0.05, 0.1) is 17.6 Å². The zero-order chi connectivity index (χ0) is 18.7. The van der Waals surface area contributed by atoms with Crippen molar-refractivity contribution in [1.29, 1.82) is 0 Å². The Bertz CT molecular complexity index is 822. The second-order valence-corrected chi connectivity index (χ2v) is 6.50. The molecule has 1 aliphatic rings. The molecule has 1 saturated carbocycles. The number of rotatable bonds is 6. The lowest BCUT2D eigenvalue weighted by Crippen LogP contribution is -2.43. The van der Waals surface area contributed by atoms with Gasteiger partial charge >= 0.3 is 5.97 Å². The number of hydrogen-bond acceptors (Lipinski definition) is 4. The van der Waals surface area contributed by atoms with Crippen LogP contribution in [0.3, 0.4) is 0 Å². The van der Waals surface area contributed by atoms with Crippen LogP contribution in [0.25, 0.3) is 5.69 Å². The zero-order valence-corrected chi connectivity index (χ0v) is 15.0. The maximum atomic E-state index is 12.8. The molecule has 1 aromatic carbocycles. The van der Waals surface area contributed by atoms with Crippen LogP contribution < -0.4 is 5.32 Å². The predicted molar refractivity (Wildman–Crippen MR) is 96.7 cm³/mol. The fraction of sp³-hybridized carbons (Fsp3) is 0.421. The number of hydrogen-bond donors (Lipinski definition) is 2. The molecular weight excluding hydrogens is 334 g/mol. The molecule has 0 spiro atoms. The Morgan fingerprint density at radius 3 is 2.69 bits per heavy atom. The van der Waals surface area contributed by atoms with Gasteiger partial charge in [-0.05, 0) is 57.7 Å². The third-order valence-corrected chi connectivity index (χ3v) is 4.83. The van der Waals surface area contributed by atoms with E-state index >= 15 is 0 Å². The van der Waals surface area contributed by atoms with Crippen molar-refractivity contribution < 1.29 is 19.4 Å². The molecule has 1 fully saturated rings. The lowest BCUT2D eigenvalue weighted by atomic mass is 10.0. The summed E-state index contributed by atoms with van der Waals surface area (Å²) >= 11 is 0. The quantitative estimate of drug-likeness (QED) is 0.828. The van der Waals surface area contributed by atoms with Crippen molar-refractivity contribution in [3.63, 3.8) is 0 Å². The maximum Gasteiger partial charge on any atom is 0.339 e. The molecule has 0 saturated heterocycles. The number of aromatic carboxylic acids is 1. The molecule has 1 heterocycles. The van der Waals surface area contributed by atoms with Crippen molar-refractivity contribution in [2.75, 3.05) is 11.9 Å². The van der Waals surface area contributed by atoms with E-state index in [4.69, 9.17) is 4.74 Å². The fourth-order valence-electron chi connectivity index (χ4n) is 3.50. The van der Waals surface area contributed by atoms with Crippen LogP contribution in [0, 0.1) is 6.92 Å². The molecule has 0 radical (unpaired) electrons. The minimum atomic E-state index is -1.02. The Kier molecular flexibility index (Phi) is 5.08. The molecule has 0 aliphatic heterocycles. The van der Waals surface area contributed by atoms with Crippen LogP contribution in [0.2, 0.25) is 0 Å². The van der Waals surface area contributed by atoms with Gasteiger partial charge in [0.1, 0.15) is 11.2 Å². The van der Waals surface area contributed by atoms with Gasteiger partial charge in [0, 0.05) is 12.3 Å². The average Bonchev–Trinajstić information content (AvgIpc) is 3.23. The molecule has 1 aromatic heterocycles. The number of ether oxygens (including phenoxy) is 1. The highest BCUT2D eigenvalue weighted by Gasteiger charge is 2.42. The van der Waals surface area contributed by atoms with Crippen molar-refractivity contribution in [2.24, 2.45) is 0 Å². The molecule has 0 bridgehead atoms. The number of carboxylic acid groups (broad SMARTS) is 1.